The molecule has 0 radical (unpaired) electrons. The van der Waals surface area contributed by atoms with Crippen LogP contribution in [0.25, 0.3) is 0 Å². The van der Waals surface area contributed by atoms with E-state index in [1.165, 1.54) is 5.56 Å². The number of morpholine rings is 1. The van der Waals surface area contributed by atoms with Crippen molar-refractivity contribution in [3.05, 3.63) is 58.9 Å². The molecule has 1 unspecified atom stereocenters. The summed E-state index contributed by atoms with van der Waals surface area (Å²) in [5, 5.41) is 12.7. The number of nitrogens with zero attached hydrogens (tertiary/aromatic N) is 3. The third kappa shape index (κ3) is 4.56. The first-order valence-electron chi connectivity index (χ1n) is 8.66. The predicted molar refractivity (Wildman–Crippen MR) is 98.4 cm³/mol. The molecule has 1 aromatic heterocycles. The Hall–Kier alpha value is -2.42. The first-order valence-corrected chi connectivity index (χ1v) is 8.66. The van der Waals surface area contributed by atoms with Gasteiger partial charge < -0.3 is 10.1 Å². The lowest BCUT2D eigenvalue weighted by Gasteiger charge is -2.33. The minimum absolute atomic E-state index is 0.109. The van der Waals surface area contributed by atoms with Gasteiger partial charge in [0.1, 0.15) is 6.07 Å². The minimum Gasteiger partial charge on any atom is -0.381 e. The van der Waals surface area contributed by atoms with Crippen molar-refractivity contribution in [3.63, 3.8) is 0 Å². The first-order chi connectivity index (χ1) is 12.2. The van der Waals surface area contributed by atoms with E-state index < -0.39 is 0 Å². The van der Waals surface area contributed by atoms with Gasteiger partial charge in [-0.05, 0) is 25.5 Å². The van der Waals surface area contributed by atoms with Gasteiger partial charge in [-0.1, -0.05) is 30.3 Å². The van der Waals surface area contributed by atoms with Crippen LogP contribution in [0, 0.1) is 25.2 Å². The van der Waals surface area contributed by atoms with E-state index in [1.54, 1.807) is 0 Å². The molecule has 0 saturated carbocycles. The van der Waals surface area contributed by atoms with Gasteiger partial charge in [-0.25, -0.2) is 0 Å². The fraction of sp³-hybridized carbons (Fsp3) is 0.400. The molecule has 1 atom stereocenters. The molecule has 2 aromatic rings. The summed E-state index contributed by atoms with van der Waals surface area (Å²) in [7, 11) is 0. The van der Waals surface area contributed by atoms with E-state index in [1.807, 2.05) is 26.0 Å². The fourth-order valence-corrected chi connectivity index (χ4v) is 3.22. The number of anilines is 1. The van der Waals surface area contributed by atoms with Crippen LogP contribution < -0.4 is 5.32 Å². The van der Waals surface area contributed by atoms with E-state index in [0.717, 1.165) is 43.3 Å². The molecular formula is C20H24N4O. The van der Waals surface area contributed by atoms with Gasteiger partial charge in [0.2, 0.25) is 0 Å². The molecule has 0 aliphatic carbocycles. The van der Waals surface area contributed by atoms with Crippen molar-refractivity contribution in [1.29, 1.82) is 5.26 Å². The Balaban J connectivity index is 1.59. The van der Waals surface area contributed by atoms with E-state index in [2.05, 4.69) is 45.5 Å². The number of ether oxygens (including phenoxy) is 1. The molecule has 1 N–H and O–H groups in total. The van der Waals surface area contributed by atoms with Gasteiger partial charge in [0.25, 0.3) is 0 Å². The summed E-state index contributed by atoms with van der Waals surface area (Å²) in [5.41, 5.74) is 4.46. The summed E-state index contributed by atoms with van der Waals surface area (Å²) >= 11 is 0. The number of nitriles is 1. The van der Waals surface area contributed by atoms with Gasteiger partial charge in [-0.15, -0.1) is 0 Å². The number of nitrogens with one attached hydrogen (secondary N) is 1. The zero-order chi connectivity index (χ0) is 17.6. The molecule has 5 nitrogen and oxygen atoms in total. The number of hydrogen-bond acceptors (Lipinski definition) is 5. The van der Waals surface area contributed by atoms with Crippen molar-refractivity contribution in [3.8, 4) is 6.07 Å². The number of pyridine rings is 1. The van der Waals surface area contributed by atoms with Crippen molar-refractivity contribution in [2.75, 3.05) is 31.6 Å². The summed E-state index contributed by atoms with van der Waals surface area (Å²) in [4.78, 5) is 6.77. The maximum absolute atomic E-state index is 9.36. The monoisotopic (exact) mass is 336 g/mol. The topological polar surface area (TPSA) is 61.2 Å². The Morgan fingerprint density at radius 2 is 2.12 bits per heavy atom. The Bertz CT molecular complexity index is 754. The molecule has 5 heteroatoms. The predicted octanol–water partition coefficient (Wildman–Crippen LogP) is 2.88. The third-order valence-electron chi connectivity index (χ3n) is 4.43. The van der Waals surface area contributed by atoms with Crippen LogP contribution in [-0.2, 0) is 11.3 Å². The molecule has 2 heterocycles. The zero-order valence-electron chi connectivity index (χ0n) is 14.8. The summed E-state index contributed by atoms with van der Waals surface area (Å²) < 4.78 is 5.90. The largest absolute Gasteiger partial charge is 0.381 e. The smallest absolute Gasteiger partial charge is 0.103 e. The second-order valence-electron chi connectivity index (χ2n) is 6.48. The van der Waals surface area contributed by atoms with Crippen molar-refractivity contribution in [2.24, 2.45) is 0 Å². The maximum Gasteiger partial charge on any atom is 0.103 e. The highest BCUT2D eigenvalue weighted by Gasteiger charge is 2.21. The molecule has 3 rings (SSSR count). The number of benzene rings is 1. The average Bonchev–Trinajstić information content (AvgIpc) is 2.61. The second kappa shape index (κ2) is 8.11. The van der Waals surface area contributed by atoms with Crippen LogP contribution >= 0.6 is 0 Å². The molecule has 1 saturated heterocycles. The van der Waals surface area contributed by atoms with Crippen molar-refractivity contribution < 1.29 is 4.74 Å². The highest BCUT2D eigenvalue weighted by Crippen LogP contribution is 2.19. The van der Waals surface area contributed by atoms with Crippen molar-refractivity contribution >= 4 is 5.69 Å². The average molecular weight is 336 g/mol. The van der Waals surface area contributed by atoms with Crippen LogP contribution in [0.15, 0.2) is 36.4 Å². The molecular weight excluding hydrogens is 312 g/mol. The zero-order valence-corrected chi connectivity index (χ0v) is 14.8. The lowest BCUT2D eigenvalue weighted by molar-refractivity contribution is -0.0240. The highest BCUT2D eigenvalue weighted by atomic mass is 16.5. The second-order valence-corrected chi connectivity index (χ2v) is 6.48. The number of rotatable bonds is 5. The molecule has 0 bridgehead atoms. The third-order valence-corrected chi connectivity index (χ3v) is 4.43. The Kier molecular flexibility index (Phi) is 5.64. The highest BCUT2D eigenvalue weighted by molar-refractivity contribution is 5.59. The quantitative estimate of drug-likeness (QED) is 0.910. The lowest BCUT2D eigenvalue weighted by Crippen LogP contribution is -2.44. The standard InChI is InChI=1S/C20H24N4O/c1-15-10-20(19(11-21)16(2)23-15)22-12-18-14-24(8-9-25-18)13-17-6-4-3-5-7-17/h3-7,10,18H,8-9,12-14H2,1-2H3,(H,22,23). The molecule has 0 spiro atoms. The van der Waals surface area contributed by atoms with E-state index in [-0.39, 0.29) is 6.10 Å². The summed E-state index contributed by atoms with van der Waals surface area (Å²) in [5.74, 6) is 0. The van der Waals surface area contributed by atoms with Crippen LogP contribution in [0.4, 0.5) is 5.69 Å². The molecule has 1 aliphatic heterocycles. The summed E-state index contributed by atoms with van der Waals surface area (Å²) in [6.07, 6.45) is 0.109. The van der Waals surface area contributed by atoms with Gasteiger partial charge in [-0.3, -0.25) is 9.88 Å². The molecule has 1 aromatic carbocycles. The SMILES string of the molecule is Cc1cc(NCC2CN(Cc3ccccc3)CCO2)c(C#N)c(C)n1. The lowest BCUT2D eigenvalue weighted by atomic mass is 10.1. The molecule has 25 heavy (non-hydrogen) atoms. The van der Waals surface area contributed by atoms with Crippen molar-refractivity contribution in [2.45, 2.75) is 26.5 Å². The van der Waals surface area contributed by atoms with E-state index >= 15 is 0 Å². The summed E-state index contributed by atoms with van der Waals surface area (Å²) in [6, 6.07) is 14.7. The van der Waals surface area contributed by atoms with Gasteiger partial charge in [-0.2, -0.15) is 5.26 Å². The van der Waals surface area contributed by atoms with E-state index in [0.29, 0.717) is 12.1 Å². The summed E-state index contributed by atoms with van der Waals surface area (Å²) in [6.45, 7) is 8.00. The Morgan fingerprint density at radius 1 is 1.32 bits per heavy atom. The Labute approximate surface area is 149 Å². The first kappa shape index (κ1) is 17.4. The van der Waals surface area contributed by atoms with Crippen LogP contribution in [-0.4, -0.2) is 42.2 Å². The van der Waals surface area contributed by atoms with Gasteiger partial charge in [0.05, 0.1) is 29.7 Å². The maximum atomic E-state index is 9.36. The van der Waals surface area contributed by atoms with Crippen molar-refractivity contribution in [1.82, 2.24) is 9.88 Å². The van der Waals surface area contributed by atoms with Gasteiger partial charge >= 0.3 is 0 Å². The number of aromatic nitrogens is 1. The van der Waals surface area contributed by atoms with Crippen LogP contribution in [0.2, 0.25) is 0 Å². The number of aryl methyl sites for hydroxylation is 2. The van der Waals surface area contributed by atoms with Gasteiger partial charge in [0.15, 0.2) is 0 Å². The fourth-order valence-electron chi connectivity index (χ4n) is 3.22. The van der Waals surface area contributed by atoms with Crippen LogP contribution in [0.3, 0.4) is 0 Å². The minimum atomic E-state index is 0.109. The number of hydrogen-bond donors (Lipinski definition) is 1. The van der Waals surface area contributed by atoms with Crippen LogP contribution in [0.5, 0.6) is 0 Å². The van der Waals surface area contributed by atoms with Crippen LogP contribution in [0.1, 0.15) is 22.5 Å². The molecule has 0 amide bonds. The van der Waals surface area contributed by atoms with Gasteiger partial charge in [0, 0.05) is 31.9 Å². The Morgan fingerprint density at radius 3 is 2.88 bits per heavy atom. The van der Waals surface area contributed by atoms with E-state index in [4.69, 9.17) is 4.74 Å². The van der Waals surface area contributed by atoms with E-state index in [9.17, 15) is 5.26 Å². The molecule has 130 valence electrons. The molecule has 1 fully saturated rings. The molecule has 1 aliphatic rings. The normalized spacial score (nSPS) is 17.9.